The summed E-state index contributed by atoms with van der Waals surface area (Å²) in [5.41, 5.74) is 1.77. The minimum Gasteiger partial charge on any atom is -0.273 e. The lowest BCUT2D eigenvalue weighted by atomic mass is 10.1. The maximum atomic E-state index is 12.1. The molecule has 4 nitrogen and oxygen atoms in total. The van der Waals surface area contributed by atoms with Crippen LogP contribution in [0.5, 0.6) is 0 Å². The van der Waals surface area contributed by atoms with Crippen molar-refractivity contribution in [1.29, 1.82) is 0 Å². The molecule has 0 unspecified atom stereocenters. The normalized spacial score (nSPS) is 13.8. The van der Waals surface area contributed by atoms with Crippen molar-refractivity contribution >= 4 is 11.8 Å². The molecular formula is C15H12N2O2. The molecule has 0 fully saturated rings. The molecule has 3 rings (SSSR count). The van der Waals surface area contributed by atoms with Gasteiger partial charge in [-0.1, -0.05) is 30.3 Å². The fourth-order valence-corrected chi connectivity index (χ4v) is 2.20. The van der Waals surface area contributed by atoms with E-state index in [2.05, 4.69) is 4.98 Å². The van der Waals surface area contributed by atoms with E-state index < -0.39 is 0 Å². The molecule has 1 aromatic carbocycles. The molecule has 0 saturated heterocycles. The number of rotatable bonds is 3. The summed E-state index contributed by atoms with van der Waals surface area (Å²) in [6, 6.07) is 13.1. The fraction of sp³-hybridized carbons (Fsp3) is 0.133. The first-order chi connectivity index (χ1) is 9.27. The summed E-state index contributed by atoms with van der Waals surface area (Å²) in [4.78, 5) is 29.4. The zero-order valence-corrected chi connectivity index (χ0v) is 10.2. The number of hydrogen-bond acceptors (Lipinski definition) is 3. The Kier molecular flexibility index (Phi) is 2.83. The summed E-state index contributed by atoms with van der Waals surface area (Å²) in [7, 11) is 0. The molecule has 0 aliphatic carbocycles. The van der Waals surface area contributed by atoms with Gasteiger partial charge >= 0.3 is 0 Å². The van der Waals surface area contributed by atoms with Crippen molar-refractivity contribution in [3.05, 3.63) is 65.5 Å². The van der Waals surface area contributed by atoms with Gasteiger partial charge in [0.1, 0.15) is 5.69 Å². The zero-order valence-electron chi connectivity index (χ0n) is 10.2. The van der Waals surface area contributed by atoms with Gasteiger partial charge in [-0.05, 0) is 24.1 Å². The SMILES string of the molecule is O=C1c2cccnc2C(=O)N1CCc1ccccc1. The standard InChI is InChI=1S/C15H12N2O2/c18-14-12-7-4-9-16-13(12)15(19)17(14)10-8-11-5-2-1-3-6-11/h1-7,9H,8,10H2. The summed E-state index contributed by atoms with van der Waals surface area (Å²) in [6.45, 7) is 0.387. The van der Waals surface area contributed by atoms with Crippen molar-refractivity contribution in [3.8, 4) is 0 Å². The molecule has 2 aromatic rings. The molecule has 2 heterocycles. The highest BCUT2D eigenvalue weighted by molar-refractivity contribution is 6.20. The van der Waals surface area contributed by atoms with Gasteiger partial charge in [-0.3, -0.25) is 19.5 Å². The Morgan fingerprint density at radius 3 is 2.47 bits per heavy atom. The molecule has 19 heavy (non-hydrogen) atoms. The van der Waals surface area contributed by atoms with Crippen molar-refractivity contribution < 1.29 is 9.59 Å². The Morgan fingerprint density at radius 2 is 1.74 bits per heavy atom. The number of carbonyl (C=O) groups excluding carboxylic acids is 2. The average Bonchev–Trinajstić information content (AvgIpc) is 2.71. The quantitative estimate of drug-likeness (QED) is 0.784. The number of amides is 2. The third-order valence-corrected chi connectivity index (χ3v) is 3.20. The number of benzene rings is 1. The van der Waals surface area contributed by atoms with E-state index in [1.54, 1.807) is 12.1 Å². The number of hydrogen-bond donors (Lipinski definition) is 0. The summed E-state index contributed by atoms with van der Waals surface area (Å²) in [5.74, 6) is -0.541. The number of nitrogens with zero attached hydrogens (tertiary/aromatic N) is 2. The first-order valence-corrected chi connectivity index (χ1v) is 6.12. The number of carbonyl (C=O) groups is 2. The van der Waals surface area contributed by atoms with Gasteiger partial charge in [0.15, 0.2) is 0 Å². The summed E-state index contributed by atoms with van der Waals surface area (Å²) < 4.78 is 0. The van der Waals surface area contributed by atoms with Gasteiger partial charge in [-0.25, -0.2) is 0 Å². The molecule has 0 radical (unpaired) electrons. The van der Waals surface area contributed by atoms with Crippen LogP contribution in [0.25, 0.3) is 0 Å². The van der Waals surface area contributed by atoms with E-state index in [1.165, 1.54) is 11.1 Å². The van der Waals surface area contributed by atoms with Gasteiger partial charge in [-0.2, -0.15) is 0 Å². The van der Waals surface area contributed by atoms with E-state index >= 15 is 0 Å². The number of fused-ring (bicyclic) bond motifs is 1. The Hall–Kier alpha value is -2.49. The molecule has 0 spiro atoms. The fourth-order valence-electron chi connectivity index (χ4n) is 2.20. The van der Waals surface area contributed by atoms with E-state index in [1.807, 2.05) is 30.3 Å². The van der Waals surface area contributed by atoms with Gasteiger partial charge in [0.2, 0.25) is 0 Å². The predicted molar refractivity (Wildman–Crippen MR) is 69.8 cm³/mol. The number of aromatic nitrogens is 1. The Labute approximate surface area is 110 Å². The summed E-state index contributed by atoms with van der Waals surface area (Å²) >= 11 is 0. The smallest absolute Gasteiger partial charge is 0.273 e. The van der Waals surface area contributed by atoms with E-state index in [-0.39, 0.29) is 17.5 Å². The third-order valence-electron chi connectivity index (χ3n) is 3.20. The second-order valence-corrected chi connectivity index (χ2v) is 4.40. The minimum absolute atomic E-state index is 0.246. The molecule has 94 valence electrons. The monoisotopic (exact) mass is 252 g/mol. The summed E-state index contributed by atoms with van der Waals surface area (Å²) in [5, 5.41) is 0. The molecule has 0 saturated carbocycles. The van der Waals surface area contributed by atoms with Gasteiger partial charge in [-0.15, -0.1) is 0 Å². The first-order valence-electron chi connectivity index (χ1n) is 6.12. The van der Waals surface area contributed by atoms with E-state index in [0.29, 0.717) is 18.5 Å². The van der Waals surface area contributed by atoms with Crippen molar-refractivity contribution in [2.75, 3.05) is 6.54 Å². The van der Waals surface area contributed by atoms with Crippen LogP contribution < -0.4 is 0 Å². The topological polar surface area (TPSA) is 50.3 Å². The van der Waals surface area contributed by atoms with Crippen LogP contribution in [0.3, 0.4) is 0 Å². The molecule has 4 heteroatoms. The van der Waals surface area contributed by atoms with E-state index in [9.17, 15) is 9.59 Å². The maximum absolute atomic E-state index is 12.1. The Morgan fingerprint density at radius 1 is 0.947 bits per heavy atom. The Balaban J connectivity index is 1.78. The van der Waals surface area contributed by atoms with Crippen LogP contribution in [0.2, 0.25) is 0 Å². The second kappa shape index (κ2) is 4.65. The summed E-state index contributed by atoms with van der Waals surface area (Å²) in [6.07, 6.45) is 2.19. The molecule has 0 atom stereocenters. The molecule has 1 aromatic heterocycles. The van der Waals surface area contributed by atoms with Crippen molar-refractivity contribution in [2.24, 2.45) is 0 Å². The van der Waals surface area contributed by atoms with Gasteiger partial charge in [0.05, 0.1) is 5.56 Å². The third kappa shape index (κ3) is 2.01. The van der Waals surface area contributed by atoms with Crippen LogP contribution in [0.4, 0.5) is 0 Å². The van der Waals surface area contributed by atoms with Crippen LogP contribution in [0, 0.1) is 0 Å². The highest BCUT2D eigenvalue weighted by Gasteiger charge is 2.35. The van der Waals surface area contributed by atoms with Gasteiger partial charge < -0.3 is 0 Å². The molecule has 1 aliphatic heterocycles. The molecule has 0 bridgehead atoms. The molecule has 0 N–H and O–H groups in total. The van der Waals surface area contributed by atoms with Crippen LogP contribution in [0.15, 0.2) is 48.7 Å². The predicted octanol–water partition coefficient (Wildman–Crippen LogP) is 1.92. The average molecular weight is 252 g/mol. The van der Waals surface area contributed by atoms with E-state index in [4.69, 9.17) is 0 Å². The Bertz CT molecular complexity index is 603. The van der Waals surface area contributed by atoms with Crippen molar-refractivity contribution in [1.82, 2.24) is 9.88 Å². The molecule has 1 aliphatic rings. The van der Waals surface area contributed by atoms with Crippen molar-refractivity contribution in [2.45, 2.75) is 6.42 Å². The molecule has 2 amide bonds. The first kappa shape index (κ1) is 11.6. The van der Waals surface area contributed by atoms with Gasteiger partial charge in [0, 0.05) is 12.7 Å². The van der Waals surface area contributed by atoms with Crippen LogP contribution in [-0.2, 0) is 6.42 Å². The minimum atomic E-state index is -0.295. The largest absolute Gasteiger partial charge is 0.280 e. The highest BCUT2D eigenvalue weighted by atomic mass is 16.2. The van der Waals surface area contributed by atoms with Crippen molar-refractivity contribution in [3.63, 3.8) is 0 Å². The highest BCUT2D eigenvalue weighted by Crippen LogP contribution is 2.20. The lowest BCUT2D eigenvalue weighted by Crippen LogP contribution is -2.31. The lowest BCUT2D eigenvalue weighted by molar-refractivity contribution is 0.0654. The zero-order chi connectivity index (χ0) is 13.2. The van der Waals surface area contributed by atoms with Crippen LogP contribution >= 0.6 is 0 Å². The maximum Gasteiger partial charge on any atom is 0.280 e. The number of pyridine rings is 1. The van der Waals surface area contributed by atoms with Crippen LogP contribution in [-0.4, -0.2) is 28.2 Å². The van der Waals surface area contributed by atoms with Gasteiger partial charge in [0.25, 0.3) is 11.8 Å². The second-order valence-electron chi connectivity index (χ2n) is 4.40. The van der Waals surface area contributed by atoms with Crippen LogP contribution in [0.1, 0.15) is 26.4 Å². The number of imide groups is 1. The molecular weight excluding hydrogens is 240 g/mol. The lowest BCUT2D eigenvalue weighted by Gasteiger charge is -2.13. The van der Waals surface area contributed by atoms with E-state index in [0.717, 1.165) is 5.56 Å².